The Morgan fingerprint density at radius 1 is 1.16 bits per heavy atom. The van der Waals surface area contributed by atoms with Crippen molar-refractivity contribution >= 4 is 23.3 Å². The maximum absolute atomic E-state index is 12.9. The molecule has 2 amide bonds. The van der Waals surface area contributed by atoms with Crippen molar-refractivity contribution in [3.8, 4) is 0 Å². The number of rotatable bonds is 7. The van der Waals surface area contributed by atoms with E-state index in [1.807, 2.05) is 0 Å². The Bertz CT molecular complexity index is 1160. The molecular formula is C20H21F3N6O3. The summed E-state index contributed by atoms with van der Waals surface area (Å²) in [6, 6.07) is 6.48. The molecule has 0 saturated heterocycles. The number of para-hydroxylation sites is 1. The molecule has 0 fully saturated rings. The molecule has 2 aromatic heterocycles. The van der Waals surface area contributed by atoms with Gasteiger partial charge >= 0.3 is 6.18 Å². The fourth-order valence-electron chi connectivity index (χ4n) is 3.09. The van der Waals surface area contributed by atoms with E-state index in [1.165, 1.54) is 14.0 Å². The minimum Gasteiger partial charge on any atom is -0.383 e. The van der Waals surface area contributed by atoms with Gasteiger partial charge in [0, 0.05) is 30.6 Å². The molecule has 0 aliphatic heterocycles. The van der Waals surface area contributed by atoms with Crippen molar-refractivity contribution in [2.24, 2.45) is 0 Å². The first-order valence-corrected chi connectivity index (χ1v) is 9.58. The number of ether oxygens (including phenoxy) is 1. The number of aryl methyl sites for hydroxylation is 2. The van der Waals surface area contributed by atoms with Gasteiger partial charge in [0.25, 0.3) is 17.5 Å². The molecule has 3 rings (SSSR count). The van der Waals surface area contributed by atoms with E-state index in [0.29, 0.717) is 35.8 Å². The molecule has 0 aliphatic carbocycles. The summed E-state index contributed by atoms with van der Waals surface area (Å²) in [5, 5.41) is 8.83. The van der Waals surface area contributed by atoms with E-state index in [9.17, 15) is 22.8 Å². The Balaban J connectivity index is 1.82. The van der Waals surface area contributed by atoms with Gasteiger partial charge in [-0.2, -0.15) is 18.2 Å². The summed E-state index contributed by atoms with van der Waals surface area (Å²) in [4.78, 5) is 32.6. The molecule has 2 heterocycles. The Hall–Kier alpha value is -3.54. The molecule has 0 spiro atoms. The predicted molar refractivity (Wildman–Crippen MR) is 108 cm³/mol. The number of anilines is 1. The monoisotopic (exact) mass is 450 g/mol. The van der Waals surface area contributed by atoms with Crippen LogP contribution >= 0.6 is 0 Å². The average molecular weight is 450 g/mol. The van der Waals surface area contributed by atoms with Crippen molar-refractivity contribution in [1.29, 1.82) is 0 Å². The van der Waals surface area contributed by atoms with Gasteiger partial charge in [-0.1, -0.05) is 12.1 Å². The molecule has 1 aromatic carbocycles. The van der Waals surface area contributed by atoms with Crippen LogP contribution in [0.15, 0.2) is 24.3 Å². The SMILES string of the molecule is COCCNC(=O)c1ccccc1NC(=O)Cc1c(C)nc2nc(C(F)(F)F)nn2c1C. The second-order valence-electron chi connectivity index (χ2n) is 6.93. The third kappa shape index (κ3) is 5.02. The van der Waals surface area contributed by atoms with Crippen molar-refractivity contribution < 1.29 is 27.5 Å². The molecule has 12 heteroatoms. The minimum absolute atomic E-state index is 0.179. The van der Waals surface area contributed by atoms with Gasteiger partial charge in [0.1, 0.15) is 0 Å². The highest BCUT2D eigenvalue weighted by Crippen LogP contribution is 2.27. The number of aromatic nitrogens is 4. The van der Waals surface area contributed by atoms with Gasteiger partial charge in [-0.25, -0.2) is 9.50 Å². The van der Waals surface area contributed by atoms with E-state index < -0.39 is 17.9 Å². The van der Waals surface area contributed by atoms with Gasteiger partial charge in [-0.05, 0) is 26.0 Å². The van der Waals surface area contributed by atoms with Gasteiger partial charge in [-0.15, -0.1) is 5.10 Å². The van der Waals surface area contributed by atoms with E-state index in [-0.39, 0.29) is 23.7 Å². The third-order valence-electron chi connectivity index (χ3n) is 4.68. The molecule has 3 aromatic rings. The Kier molecular flexibility index (Phi) is 6.72. The smallest absolute Gasteiger partial charge is 0.383 e. The van der Waals surface area contributed by atoms with E-state index in [1.54, 1.807) is 31.2 Å². The average Bonchev–Trinajstić information content (AvgIpc) is 3.16. The summed E-state index contributed by atoms with van der Waals surface area (Å²) in [6.45, 7) is 3.76. The lowest BCUT2D eigenvalue weighted by Crippen LogP contribution is -2.28. The lowest BCUT2D eigenvalue weighted by Gasteiger charge is -2.13. The number of benzene rings is 1. The van der Waals surface area contributed by atoms with Crippen LogP contribution in [-0.4, -0.2) is 51.7 Å². The molecule has 170 valence electrons. The highest BCUT2D eigenvalue weighted by atomic mass is 19.4. The Morgan fingerprint density at radius 2 is 1.88 bits per heavy atom. The molecule has 0 radical (unpaired) electrons. The molecule has 0 saturated carbocycles. The zero-order valence-electron chi connectivity index (χ0n) is 17.6. The summed E-state index contributed by atoms with van der Waals surface area (Å²) in [7, 11) is 1.51. The van der Waals surface area contributed by atoms with Gasteiger partial charge in [0.15, 0.2) is 0 Å². The normalized spacial score (nSPS) is 11.6. The van der Waals surface area contributed by atoms with Crippen LogP contribution in [-0.2, 0) is 22.1 Å². The fraction of sp³-hybridized carbons (Fsp3) is 0.350. The molecule has 2 N–H and O–H groups in total. The molecule has 0 bridgehead atoms. The lowest BCUT2D eigenvalue weighted by molar-refractivity contribution is -0.144. The maximum Gasteiger partial charge on any atom is 0.453 e. The zero-order valence-corrected chi connectivity index (χ0v) is 17.6. The predicted octanol–water partition coefficient (Wildman–Crippen LogP) is 2.32. The number of alkyl halides is 3. The summed E-state index contributed by atoms with van der Waals surface area (Å²) in [5.74, 6) is -2.35. The molecule has 0 unspecified atom stereocenters. The minimum atomic E-state index is -4.71. The van der Waals surface area contributed by atoms with Crippen LogP contribution in [0.25, 0.3) is 5.78 Å². The number of methoxy groups -OCH3 is 1. The number of carbonyl (C=O) groups excluding carboxylic acids is 2. The highest BCUT2D eigenvalue weighted by Gasteiger charge is 2.37. The van der Waals surface area contributed by atoms with Crippen LogP contribution in [0.2, 0.25) is 0 Å². The largest absolute Gasteiger partial charge is 0.453 e. The van der Waals surface area contributed by atoms with Gasteiger partial charge in [0.05, 0.1) is 24.3 Å². The molecule has 0 aliphatic rings. The van der Waals surface area contributed by atoms with Crippen molar-refractivity contribution in [1.82, 2.24) is 24.9 Å². The number of hydrogen-bond donors (Lipinski definition) is 2. The number of nitrogens with one attached hydrogen (secondary N) is 2. The summed E-state index contributed by atoms with van der Waals surface area (Å²) in [6.07, 6.45) is -4.89. The van der Waals surface area contributed by atoms with Gasteiger partial charge in [-0.3, -0.25) is 9.59 Å². The highest BCUT2D eigenvalue weighted by molar-refractivity contribution is 6.04. The third-order valence-corrected chi connectivity index (χ3v) is 4.68. The number of nitrogens with zero attached hydrogens (tertiary/aromatic N) is 4. The van der Waals surface area contributed by atoms with Crippen molar-refractivity contribution in [3.63, 3.8) is 0 Å². The van der Waals surface area contributed by atoms with Crippen LogP contribution in [0.1, 0.15) is 33.1 Å². The van der Waals surface area contributed by atoms with Gasteiger partial charge in [0.2, 0.25) is 5.91 Å². The quantitative estimate of drug-likeness (QED) is 0.535. The number of carbonyl (C=O) groups is 2. The van der Waals surface area contributed by atoms with Crippen LogP contribution in [0.5, 0.6) is 0 Å². The summed E-state index contributed by atoms with van der Waals surface area (Å²) < 4.78 is 44.7. The summed E-state index contributed by atoms with van der Waals surface area (Å²) >= 11 is 0. The number of halogens is 3. The maximum atomic E-state index is 12.9. The second-order valence-corrected chi connectivity index (χ2v) is 6.93. The number of amides is 2. The van der Waals surface area contributed by atoms with E-state index in [0.717, 1.165) is 4.52 Å². The van der Waals surface area contributed by atoms with Gasteiger partial charge < -0.3 is 15.4 Å². The first-order valence-electron chi connectivity index (χ1n) is 9.58. The van der Waals surface area contributed by atoms with Crippen LogP contribution < -0.4 is 10.6 Å². The van der Waals surface area contributed by atoms with Crippen LogP contribution in [0.4, 0.5) is 18.9 Å². The molecule has 0 atom stereocenters. The summed E-state index contributed by atoms with van der Waals surface area (Å²) in [5.41, 5.74) is 1.66. The van der Waals surface area contributed by atoms with E-state index in [2.05, 4.69) is 25.7 Å². The van der Waals surface area contributed by atoms with E-state index >= 15 is 0 Å². The Labute approximate surface area is 181 Å². The lowest BCUT2D eigenvalue weighted by atomic mass is 10.1. The Morgan fingerprint density at radius 3 is 2.56 bits per heavy atom. The van der Waals surface area contributed by atoms with Crippen molar-refractivity contribution in [2.45, 2.75) is 26.4 Å². The first kappa shape index (κ1) is 23.1. The second kappa shape index (κ2) is 9.30. The molecule has 9 nitrogen and oxygen atoms in total. The topological polar surface area (TPSA) is 111 Å². The van der Waals surface area contributed by atoms with Crippen LogP contribution in [0, 0.1) is 13.8 Å². The van der Waals surface area contributed by atoms with Crippen molar-refractivity contribution in [2.75, 3.05) is 25.6 Å². The zero-order chi connectivity index (χ0) is 23.5. The number of fused-ring (bicyclic) bond motifs is 1. The molecular weight excluding hydrogens is 429 g/mol. The van der Waals surface area contributed by atoms with E-state index in [4.69, 9.17) is 4.74 Å². The standard InChI is InChI=1S/C20H21F3N6O3/c1-11-14(12(2)29-19(25-11)27-18(28-29)20(21,22)23)10-16(30)26-15-7-5-4-6-13(15)17(31)24-8-9-32-3/h4-7H,8-10H2,1-3H3,(H,24,31)(H,26,30). The number of hydrogen-bond acceptors (Lipinski definition) is 6. The van der Waals surface area contributed by atoms with Crippen molar-refractivity contribution in [3.05, 3.63) is 52.6 Å². The van der Waals surface area contributed by atoms with Crippen LogP contribution in [0.3, 0.4) is 0 Å². The molecule has 32 heavy (non-hydrogen) atoms. The first-order chi connectivity index (χ1) is 15.1. The fourth-order valence-corrected chi connectivity index (χ4v) is 3.09.